The molecule has 0 aliphatic heterocycles. The molecule has 1 rings (SSSR count). The number of hydrogen-bond acceptors (Lipinski definition) is 3. The molecule has 0 aromatic heterocycles. The SMILES string of the molecule is CCC(NC(=O)CN(C)CCC(C)O)c1ccc(Cl)cc1. The zero-order valence-electron chi connectivity index (χ0n) is 13.0. The summed E-state index contributed by atoms with van der Waals surface area (Å²) in [6.45, 7) is 4.82. The summed E-state index contributed by atoms with van der Waals surface area (Å²) in [5.74, 6) is -0.00936. The van der Waals surface area contributed by atoms with E-state index in [1.165, 1.54) is 0 Å². The van der Waals surface area contributed by atoms with Crippen LogP contribution < -0.4 is 5.32 Å². The van der Waals surface area contributed by atoms with Crippen LogP contribution in [0.2, 0.25) is 5.02 Å². The number of likely N-dealkylation sites (N-methyl/N-ethyl adjacent to an activating group) is 1. The van der Waals surface area contributed by atoms with Gasteiger partial charge in [0, 0.05) is 11.6 Å². The Morgan fingerprint density at radius 2 is 2.00 bits per heavy atom. The van der Waals surface area contributed by atoms with Crippen LogP contribution in [-0.2, 0) is 4.79 Å². The first kappa shape index (κ1) is 18.0. The summed E-state index contributed by atoms with van der Waals surface area (Å²) in [6.07, 6.45) is 1.15. The lowest BCUT2D eigenvalue weighted by molar-refractivity contribution is -0.122. The molecule has 0 saturated heterocycles. The van der Waals surface area contributed by atoms with Crippen molar-refractivity contribution in [3.63, 3.8) is 0 Å². The highest BCUT2D eigenvalue weighted by molar-refractivity contribution is 6.30. The predicted molar refractivity (Wildman–Crippen MR) is 86.4 cm³/mol. The van der Waals surface area contributed by atoms with Gasteiger partial charge in [0.05, 0.1) is 18.7 Å². The Hall–Kier alpha value is -1.10. The zero-order valence-corrected chi connectivity index (χ0v) is 13.7. The van der Waals surface area contributed by atoms with Crippen molar-refractivity contribution in [3.8, 4) is 0 Å². The van der Waals surface area contributed by atoms with E-state index >= 15 is 0 Å². The number of nitrogens with one attached hydrogen (secondary N) is 1. The smallest absolute Gasteiger partial charge is 0.234 e. The lowest BCUT2D eigenvalue weighted by atomic mass is 10.0. The lowest BCUT2D eigenvalue weighted by Gasteiger charge is -2.21. The van der Waals surface area contributed by atoms with Gasteiger partial charge in [-0.2, -0.15) is 0 Å². The summed E-state index contributed by atoms with van der Waals surface area (Å²) >= 11 is 5.88. The number of rotatable bonds is 8. The van der Waals surface area contributed by atoms with Crippen LogP contribution in [-0.4, -0.2) is 42.2 Å². The third-order valence-electron chi connectivity index (χ3n) is 3.36. The fourth-order valence-corrected chi connectivity index (χ4v) is 2.21. The van der Waals surface area contributed by atoms with Gasteiger partial charge in [0.25, 0.3) is 0 Å². The summed E-state index contributed by atoms with van der Waals surface area (Å²) in [6, 6.07) is 7.54. The monoisotopic (exact) mass is 312 g/mol. The van der Waals surface area contributed by atoms with E-state index in [0.717, 1.165) is 12.0 Å². The van der Waals surface area contributed by atoms with Crippen LogP contribution in [0.4, 0.5) is 0 Å². The molecule has 0 bridgehead atoms. The maximum Gasteiger partial charge on any atom is 0.234 e. The first-order valence-corrected chi connectivity index (χ1v) is 7.71. The molecule has 0 fully saturated rings. The van der Waals surface area contributed by atoms with Crippen molar-refractivity contribution in [2.75, 3.05) is 20.1 Å². The third-order valence-corrected chi connectivity index (χ3v) is 3.61. The van der Waals surface area contributed by atoms with Crippen LogP contribution in [0.3, 0.4) is 0 Å². The largest absolute Gasteiger partial charge is 0.393 e. The minimum atomic E-state index is -0.340. The molecule has 0 radical (unpaired) electrons. The number of carbonyl (C=O) groups is 1. The molecule has 1 aromatic carbocycles. The number of nitrogens with zero attached hydrogens (tertiary/aromatic N) is 1. The fourth-order valence-electron chi connectivity index (χ4n) is 2.09. The van der Waals surface area contributed by atoms with E-state index in [9.17, 15) is 9.90 Å². The van der Waals surface area contributed by atoms with Crippen molar-refractivity contribution in [2.45, 2.75) is 38.8 Å². The Balaban J connectivity index is 2.49. The molecule has 1 aromatic rings. The Morgan fingerprint density at radius 3 is 2.52 bits per heavy atom. The van der Waals surface area contributed by atoms with Crippen molar-refractivity contribution >= 4 is 17.5 Å². The molecular formula is C16H25ClN2O2. The van der Waals surface area contributed by atoms with Crippen molar-refractivity contribution in [3.05, 3.63) is 34.9 Å². The van der Waals surface area contributed by atoms with E-state index in [0.29, 0.717) is 24.5 Å². The van der Waals surface area contributed by atoms with Gasteiger partial charge in [-0.25, -0.2) is 0 Å². The molecule has 4 nitrogen and oxygen atoms in total. The molecule has 21 heavy (non-hydrogen) atoms. The molecule has 0 saturated carbocycles. The van der Waals surface area contributed by atoms with Gasteiger partial charge in [0.2, 0.25) is 5.91 Å². The topological polar surface area (TPSA) is 52.6 Å². The maximum absolute atomic E-state index is 12.1. The molecule has 0 heterocycles. The Kier molecular flexibility index (Phi) is 7.72. The van der Waals surface area contributed by atoms with Gasteiger partial charge in [-0.3, -0.25) is 9.69 Å². The average Bonchev–Trinajstić information content (AvgIpc) is 2.43. The minimum absolute atomic E-state index is 0.0000629. The van der Waals surface area contributed by atoms with Crippen molar-refractivity contribution < 1.29 is 9.90 Å². The molecule has 5 heteroatoms. The summed E-state index contributed by atoms with van der Waals surface area (Å²) < 4.78 is 0. The van der Waals surface area contributed by atoms with Crippen LogP contribution >= 0.6 is 11.6 Å². The zero-order chi connectivity index (χ0) is 15.8. The van der Waals surface area contributed by atoms with Crippen molar-refractivity contribution in [1.82, 2.24) is 10.2 Å². The molecule has 2 atom stereocenters. The first-order chi connectivity index (χ1) is 9.92. The van der Waals surface area contributed by atoms with Gasteiger partial charge in [0.15, 0.2) is 0 Å². The Bertz CT molecular complexity index is 434. The molecule has 2 unspecified atom stereocenters. The predicted octanol–water partition coefficient (Wildman–Crippen LogP) is 2.61. The first-order valence-electron chi connectivity index (χ1n) is 7.33. The number of aliphatic hydroxyl groups excluding tert-OH is 1. The minimum Gasteiger partial charge on any atom is -0.393 e. The number of amides is 1. The van der Waals surface area contributed by atoms with Gasteiger partial charge in [0.1, 0.15) is 0 Å². The Labute approximate surface area is 132 Å². The van der Waals surface area contributed by atoms with Crippen LogP contribution in [0.15, 0.2) is 24.3 Å². The molecular weight excluding hydrogens is 288 g/mol. The van der Waals surface area contributed by atoms with E-state index in [-0.39, 0.29) is 18.1 Å². The van der Waals surface area contributed by atoms with Gasteiger partial charge < -0.3 is 10.4 Å². The van der Waals surface area contributed by atoms with Crippen molar-refractivity contribution in [2.24, 2.45) is 0 Å². The molecule has 2 N–H and O–H groups in total. The van der Waals surface area contributed by atoms with Crippen molar-refractivity contribution in [1.29, 1.82) is 0 Å². The second-order valence-electron chi connectivity index (χ2n) is 5.46. The van der Waals surface area contributed by atoms with E-state index in [2.05, 4.69) is 5.32 Å². The van der Waals surface area contributed by atoms with Gasteiger partial charge in [-0.15, -0.1) is 0 Å². The van der Waals surface area contributed by atoms with E-state index in [1.807, 2.05) is 43.1 Å². The second-order valence-corrected chi connectivity index (χ2v) is 5.89. The van der Waals surface area contributed by atoms with E-state index in [1.54, 1.807) is 6.92 Å². The van der Waals surface area contributed by atoms with Gasteiger partial charge in [-0.05, 0) is 44.5 Å². The molecule has 0 aliphatic carbocycles. The fraction of sp³-hybridized carbons (Fsp3) is 0.562. The van der Waals surface area contributed by atoms with Gasteiger partial charge >= 0.3 is 0 Å². The summed E-state index contributed by atoms with van der Waals surface area (Å²) in [4.78, 5) is 14.0. The number of benzene rings is 1. The number of aliphatic hydroxyl groups is 1. The van der Waals surface area contributed by atoms with Crippen LogP contribution in [0.1, 0.15) is 38.3 Å². The second kappa shape index (κ2) is 9.03. The third kappa shape index (κ3) is 6.93. The van der Waals surface area contributed by atoms with E-state index in [4.69, 9.17) is 11.6 Å². The van der Waals surface area contributed by atoms with Crippen LogP contribution in [0.25, 0.3) is 0 Å². The quantitative estimate of drug-likeness (QED) is 0.776. The lowest BCUT2D eigenvalue weighted by Crippen LogP contribution is -2.38. The highest BCUT2D eigenvalue weighted by Gasteiger charge is 2.14. The molecule has 0 aliphatic rings. The number of hydrogen-bond donors (Lipinski definition) is 2. The summed E-state index contributed by atoms with van der Waals surface area (Å²) in [7, 11) is 1.88. The number of halogens is 1. The standard InChI is InChI=1S/C16H25ClN2O2/c1-4-15(13-5-7-14(17)8-6-13)18-16(21)11-19(3)10-9-12(2)20/h5-8,12,15,20H,4,9-11H2,1-3H3,(H,18,21). The molecule has 0 spiro atoms. The Morgan fingerprint density at radius 1 is 1.38 bits per heavy atom. The molecule has 118 valence electrons. The average molecular weight is 313 g/mol. The normalized spacial score (nSPS) is 14.0. The van der Waals surface area contributed by atoms with Gasteiger partial charge in [-0.1, -0.05) is 30.7 Å². The summed E-state index contributed by atoms with van der Waals surface area (Å²) in [5.41, 5.74) is 1.06. The highest BCUT2D eigenvalue weighted by atomic mass is 35.5. The van der Waals surface area contributed by atoms with Crippen LogP contribution in [0, 0.1) is 0 Å². The van der Waals surface area contributed by atoms with E-state index < -0.39 is 0 Å². The van der Waals surface area contributed by atoms with Crippen LogP contribution in [0.5, 0.6) is 0 Å². The number of carbonyl (C=O) groups excluding carboxylic acids is 1. The highest BCUT2D eigenvalue weighted by Crippen LogP contribution is 2.19. The maximum atomic E-state index is 12.1. The summed E-state index contributed by atoms with van der Waals surface area (Å²) in [5, 5.41) is 13.0. The molecule has 1 amide bonds.